The van der Waals surface area contributed by atoms with Crippen LogP contribution in [0.5, 0.6) is 0 Å². The Morgan fingerprint density at radius 3 is 2.53 bits per heavy atom. The number of aryl methyl sites for hydroxylation is 1. The summed E-state index contributed by atoms with van der Waals surface area (Å²) in [6.07, 6.45) is -0.582. The number of hydrogen-bond donors (Lipinski definition) is 1. The van der Waals surface area contributed by atoms with Gasteiger partial charge in [0.05, 0.1) is 17.9 Å². The zero-order valence-corrected chi connectivity index (χ0v) is 10.5. The van der Waals surface area contributed by atoms with Crippen molar-refractivity contribution in [3.8, 4) is 0 Å². The third-order valence-electron chi connectivity index (χ3n) is 2.97. The van der Waals surface area contributed by atoms with E-state index >= 15 is 0 Å². The number of pyridine rings is 1. The maximum absolute atomic E-state index is 13.0. The SMILES string of the molecule is CNC(c1cnccc1C(F)(F)F)c1ccoc1C. The van der Waals surface area contributed by atoms with Crippen molar-refractivity contribution >= 4 is 0 Å². The van der Waals surface area contributed by atoms with E-state index in [1.165, 1.54) is 12.5 Å². The van der Waals surface area contributed by atoms with Crippen LogP contribution in [-0.4, -0.2) is 12.0 Å². The van der Waals surface area contributed by atoms with Crippen LogP contribution in [0, 0.1) is 6.92 Å². The van der Waals surface area contributed by atoms with Crippen molar-refractivity contribution in [1.29, 1.82) is 0 Å². The third kappa shape index (κ3) is 2.63. The molecule has 2 heterocycles. The monoisotopic (exact) mass is 270 g/mol. The lowest BCUT2D eigenvalue weighted by Crippen LogP contribution is -2.22. The maximum atomic E-state index is 13.0. The Morgan fingerprint density at radius 2 is 2.00 bits per heavy atom. The first-order valence-corrected chi connectivity index (χ1v) is 5.67. The van der Waals surface area contributed by atoms with E-state index in [4.69, 9.17) is 4.42 Å². The summed E-state index contributed by atoms with van der Waals surface area (Å²) in [7, 11) is 1.60. The molecule has 0 aliphatic heterocycles. The van der Waals surface area contributed by atoms with E-state index in [0.29, 0.717) is 11.3 Å². The quantitative estimate of drug-likeness (QED) is 0.929. The van der Waals surface area contributed by atoms with Crippen LogP contribution in [0.15, 0.2) is 35.2 Å². The highest BCUT2D eigenvalue weighted by atomic mass is 19.4. The molecule has 2 aromatic heterocycles. The Bertz CT molecular complexity index is 563. The topological polar surface area (TPSA) is 38.1 Å². The number of alkyl halides is 3. The lowest BCUT2D eigenvalue weighted by molar-refractivity contribution is -0.138. The van der Waals surface area contributed by atoms with E-state index in [1.54, 1.807) is 20.0 Å². The highest BCUT2D eigenvalue weighted by Crippen LogP contribution is 2.36. The molecule has 102 valence electrons. The van der Waals surface area contributed by atoms with E-state index in [2.05, 4.69) is 10.3 Å². The molecule has 1 atom stereocenters. The molecule has 0 aromatic carbocycles. The predicted octanol–water partition coefficient (Wildman–Crippen LogP) is 3.31. The second-order valence-electron chi connectivity index (χ2n) is 4.11. The summed E-state index contributed by atoms with van der Waals surface area (Å²) in [4.78, 5) is 3.80. The first kappa shape index (κ1) is 13.6. The zero-order valence-electron chi connectivity index (χ0n) is 10.5. The molecule has 2 rings (SSSR count). The van der Waals surface area contributed by atoms with Gasteiger partial charge < -0.3 is 9.73 Å². The van der Waals surface area contributed by atoms with Gasteiger partial charge in [0.25, 0.3) is 0 Å². The summed E-state index contributed by atoms with van der Waals surface area (Å²) < 4.78 is 44.2. The number of hydrogen-bond acceptors (Lipinski definition) is 3. The predicted molar refractivity (Wildman–Crippen MR) is 63.6 cm³/mol. The van der Waals surface area contributed by atoms with Crippen molar-refractivity contribution in [1.82, 2.24) is 10.3 Å². The molecular formula is C13H13F3N2O. The van der Waals surface area contributed by atoms with Crippen LogP contribution in [-0.2, 0) is 6.18 Å². The summed E-state index contributed by atoms with van der Waals surface area (Å²) in [5.41, 5.74) is 0.0606. The van der Waals surface area contributed by atoms with E-state index in [-0.39, 0.29) is 5.56 Å². The van der Waals surface area contributed by atoms with Gasteiger partial charge in [0, 0.05) is 23.5 Å². The largest absolute Gasteiger partial charge is 0.469 e. The lowest BCUT2D eigenvalue weighted by atomic mass is 9.96. The lowest BCUT2D eigenvalue weighted by Gasteiger charge is -2.20. The van der Waals surface area contributed by atoms with Gasteiger partial charge >= 0.3 is 6.18 Å². The standard InChI is InChI=1S/C13H13F3N2O/c1-8-9(4-6-19-8)12(17-2)10-7-18-5-3-11(10)13(14,15)16/h3-7,12,17H,1-2H3. The fourth-order valence-electron chi connectivity index (χ4n) is 2.07. The average molecular weight is 270 g/mol. The molecule has 0 aliphatic rings. The van der Waals surface area contributed by atoms with Crippen LogP contribution in [0.4, 0.5) is 13.2 Å². The van der Waals surface area contributed by atoms with Crippen molar-refractivity contribution in [3.05, 3.63) is 53.2 Å². The van der Waals surface area contributed by atoms with Crippen molar-refractivity contribution in [2.75, 3.05) is 7.05 Å². The Morgan fingerprint density at radius 1 is 1.26 bits per heavy atom. The average Bonchev–Trinajstić information content (AvgIpc) is 2.76. The number of aromatic nitrogens is 1. The molecule has 19 heavy (non-hydrogen) atoms. The minimum Gasteiger partial charge on any atom is -0.469 e. The molecule has 0 radical (unpaired) electrons. The molecule has 6 heteroatoms. The Hall–Kier alpha value is -1.82. The maximum Gasteiger partial charge on any atom is 0.416 e. The van der Waals surface area contributed by atoms with Crippen LogP contribution >= 0.6 is 0 Å². The number of halogens is 3. The van der Waals surface area contributed by atoms with Crippen LogP contribution in [0.1, 0.15) is 28.5 Å². The molecule has 0 aliphatic carbocycles. The number of nitrogens with one attached hydrogen (secondary N) is 1. The van der Waals surface area contributed by atoms with E-state index in [9.17, 15) is 13.2 Å². The highest BCUT2D eigenvalue weighted by molar-refractivity contribution is 5.37. The number of furan rings is 1. The molecule has 1 unspecified atom stereocenters. The first-order valence-electron chi connectivity index (χ1n) is 5.67. The van der Waals surface area contributed by atoms with Crippen LogP contribution in [0.2, 0.25) is 0 Å². The molecule has 3 nitrogen and oxygen atoms in total. The molecular weight excluding hydrogens is 257 g/mol. The minimum atomic E-state index is -4.41. The van der Waals surface area contributed by atoms with Gasteiger partial charge in [-0.3, -0.25) is 4.98 Å². The Balaban J connectivity index is 2.54. The van der Waals surface area contributed by atoms with E-state index < -0.39 is 17.8 Å². The molecule has 0 amide bonds. The van der Waals surface area contributed by atoms with E-state index in [1.807, 2.05) is 0 Å². The molecule has 0 bridgehead atoms. The summed E-state index contributed by atoms with van der Waals surface area (Å²) in [6, 6.07) is 2.03. The minimum absolute atomic E-state index is 0.0852. The van der Waals surface area contributed by atoms with Crippen molar-refractivity contribution in [2.45, 2.75) is 19.1 Å². The fourth-order valence-corrected chi connectivity index (χ4v) is 2.07. The highest BCUT2D eigenvalue weighted by Gasteiger charge is 2.35. The second-order valence-corrected chi connectivity index (χ2v) is 4.11. The van der Waals surface area contributed by atoms with Gasteiger partial charge in [-0.2, -0.15) is 13.2 Å². The van der Waals surface area contributed by atoms with Gasteiger partial charge in [-0.1, -0.05) is 0 Å². The van der Waals surface area contributed by atoms with Crippen LogP contribution in [0.3, 0.4) is 0 Å². The second kappa shape index (κ2) is 5.05. The smallest absolute Gasteiger partial charge is 0.416 e. The molecule has 0 saturated carbocycles. The van der Waals surface area contributed by atoms with Gasteiger partial charge in [0.1, 0.15) is 5.76 Å². The van der Waals surface area contributed by atoms with E-state index in [0.717, 1.165) is 12.3 Å². The number of rotatable bonds is 3. The summed E-state index contributed by atoms with van der Waals surface area (Å²) in [5.74, 6) is 0.580. The van der Waals surface area contributed by atoms with Crippen molar-refractivity contribution in [3.63, 3.8) is 0 Å². The van der Waals surface area contributed by atoms with Crippen molar-refractivity contribution in [2.24, 2.45) is 0 Å². The fraction of sp³-hybridized carbons (Fsp3) is 0.308. The summed E-state index contributed by atoms with van der Waals surface area (Å²) >= 11 is 0. The molecule has 2 aromatic rings. The summed E-state index contributed by atoms with van der Waals surface area (Å²) in [6.45, 7) is 1.71. The van der Waals surface area contributed by atoms with Gasteiger partial charge in [0.15, 0.2) is 0 Å². The Labute approximate surface area is 108 Å². The molecule has 0 spiro atoms. The molecule has 1 N–H and O–H groups in total. The number of nitrogens with zero attached hydrogens (tertiary/aromatic N) is 1. The summed E-state index contributed by atoms with van der Waals surface area (Å²) in [5, 5.41) is 2.87. The first-order chi connectivity index (χ1) is 8.95. The van der Waals surface area contributed by atoms with Crippen molar-refractivity contribution < 1.29 is 17.6 Å². The Kier molecular flexibility index (Phi) is 3.61. The zero-order chi connectivity index (χ0) is 14.0. The van der Waals surface area contributed by atoms with Gasteiger partial charge in [-0.25, -0.2) is 0 Å². The van der Waals surface area contributed by atoms with Crippen LogP contribution < -0.4 is 5.32 Å². The third-order valence-corrected chi connectivity index (χ3v) is 2.97. The van der Waals surface area contributed by atoms with Gasteiger partial charge in [-0.15, -0.1) is 0 Å². The van der Waals surface area contributed by atoms with Gasteiger partial charge in [0.2, 0.25) is 0 Å². The van der Waals surface area contributed by atoms with Crippen LogP contribution in [0.25, 0.3) is 0 Å². The van der Waals surface area contributed by atoms with Gasteiger partial charge in [-0.05, 0) is 26.1 Å². The molecule has 0 fully saturated rings. The molecule has 0 saturated heterocycles. The normalized spacial score (nSPS) is 13.5.